The number of aryl methyl sites for hydroxylation is 1. The van der Waals surface area contributed by atoms with Crippen molar-refractivity contribution in [2.24, 2.45) is 17.8 Å². The zero-order valence-electron chi connectivity index (χ0n) is 12.3. The van der Waals surface area contributed by atoms with Crippen molar-refractivity contribution < 1.29 is 9.32 Å². The van der Waals surface area contributed by atoms with Crippen molar-refractivity contribution >= 4 is 5.91 Å². The summed E-state index contributed by atoms with van der Waals surface area (Å²) in [6.07, 6.45) is 5.41. The lowest BCUT2D eigenvalue weighted by Crippen LogP contribution is -2.27. The zero-order chi connectivity index (χ0) is 14.1. The summed E-state index contributed by atoms with van der Waals surface area (Å²) in [5.74, 6) is 3.69. The molecule has 0 radical (unpaired) electrons. The summed E-state index contributed by atoms with van der Waals surface area (Å²) in [5, 5.41) is 6.98. The number of hydrogen-bond donors (Lipinski definition) is 1. The van der Waals surface area contributed by atoms with Crippen LogP contribution in [0.1, 0.15) is 57.2 Å². The van der Waals surface area contributed by atoms with E-state index in [0.29, 0.717) is 36.1 Å². The highest BCUT2D eigenvalue weighted by Crippen LogP contribution is 2.57. The van der Waals surface area contributed by atoms with Gasteiger partial charge in [-0.3, -0.25) is 4.79 Å². The molecule has 3 rings (SSSR count). The molecular formula is C15H23N3O2. The van der Waals surface area contributed by atoms with Crippen LogP contribution in [-0.2, 0) is 11.2 Å². The van der Waals surface area contributed by atoms with Crippen LogP contribution in [0.15, 0.2) is 4.52 Å². The molecule has 0 aromatic carbocycles. The first-order chi connectivity index (χ1) is 9.66. The standard InChI is InChI=1S/C15H23N3O2/c1-9(2)14-17-12(20-18-14)7-4-8-16-15(19)13-10-5-3-6-11(10)13/h9-11,13H,3-8H2,1-2H3,(H,16,19)/t10-,11+,13?. The molecule has 110 valence electrons. The molecule has 1 heterocycles. The van der Waals surface area contributed by atoms with Crippen LogP contribution in [0.5, 0.6) is 0 Å². The molecular weight excluding hydrogens is 254 g/mol. The molecule has 20 heavy (non-hydrogen) atoms. The van der Waals surface area contributed by atoms with Crippen LogP contribution in [0.4, 0.5) is 0 Å². The molecule has 1 amide bonds. The number of amides is 1. The third-order valence-corrected chi connectivity index (χ3v) is 4.58. The van der Waals surface area contributed by atoms with Gasteiger partial charge in [-0.2, -0.15) is 4.98 Å². The van der Waals surface area contributed by atoms with Crippen molar-refractivity contribution in [1.82, 2.24) is 15.5 Å². The molecule has 2 aliphatic carbocycles. The molecule has 5 nitrogen and oxygen atoms in total. The first-order valence-corrected chi connectivity index (χ1v) is 7.77. The summed E-state index contributed by atoms with van der Waals surface area (Å²) >= 11 is 0. The van der Waals surface area contributed by atoms with E-state index in [0.717, 1.165) is 18.7 Å². The molecule has 1 N–H and O–H groups in total. The minimum absolute atomic E-state index is 0.257. The predicted molar refractivity (Wildman–Crippen MR) is 74.0 cm³/mol. The van der Waals surface area contributed by atoms with Crippen LogP contribution in [0.2, 0.25) is 0 Å². The molecule has 5 heteroatoms. The van der Waals surface area contributed by atoms with E-state index in [-0.39, 0.29) is 5.91 Å². The number of carbonyl (C=O) groups excluding carboxylic acids is 1. The van der Waals surface area contributed by atoms with Gasteiger partial charge in [-0.15, -0.1) is 0 Å². The third-order valence-electron chi connectivity index (χ3n) is 4.58. The van der Waals surface area contributed by atoms with E-state index in [1.54, 1.807) is 0 Å². The van der Waals surface area contributed by atoms with E-state index in [9.17, 15) is 4.79 Å². The average Bonchev–Trinajstić information content (AvgIpc) is 2.85. The molecule has 2 saturated carbocycles. The number of nitrogens with zero attached hydrogens (tertiary/aromatic N) is 2. The smallest absolute Gasteiger partial charge is 0.226 e. The van der Waals surface area contributed by atoms with Gasteiger partial charge in [0.25, 0.3) is 0 Å². The Morgan fingerprint density at radius 1 is 1.40 bits per heavy atom. The fourth-order valence-corrected chi connectivity index (χ4v) is 3.38. The van der Waals surface area contributed by atoms with E-state index in [1.165, 1.54) is 19.3 Å². The van der Waals surface area contributed by atoms with Crippen molar-refractivity contribution in [3.8, 4) is 0 Å². The minimum Gasteiger partial charge on any atom is -0.356 e. The highest BCUT2D eigenvalue weighted by Gasteiger charge is 2.56. The summed E-state index contributed by atoms with van der Waals surface area (Å²) < 4.78 is 5.18. The van der Waals surface area contributed by atoms with Crippen molar-refractivity contribution in [2.75, 3.05) is 6.54 Å². The Morgan fingerprint density at radius 3 is 2.80 bits per heavy atom. The highest BCUT2D eigenvalue weighted by molar-refractivity contribution is 5.82. The lowest BCUT2D eigenvalue weighted by molar-refractivity contribution is -0.123. The molecule has 2 aliphatic rings. The van der Waals surface area contributed by atoms with Crippen LogP contribution in [0, 0.1) is 17.8 Å². The van der Waals surface area contributed by atoms with Gasteiger partial charge in [0.1, 0.15) is 0 Å². The van der Waals surface area contributed by atoms with Gasteiger partial charge in [-0.1, -0.05) is 25.4 Å². The number of carbonyl (C=O) groups is 1. The largest absolute Gasteiger partial charge is 0.356 e. The van der Waals surface area contributed by atoms with Gasteiger partial charge < -0.3 is 9.84 Å². The summed E-state index contributed by atoms with van der Waals surface area (Å²) in [5.41, 5.74) is 0. The maximum absolute atomic E-state index is 12.0. The van der Waals surface area contributed by atoms with E-state index in [4.69, 9.17) is 4.52 Å². The van der Waals surface area contributed by atoms with E-state index >= 15 is 0 Å². The fraction of sp³-hybridized carbons (Fsp3) is 0.800. The Morgan fingerprint density at radius 2 is 2.15 bits per heavy atom. The van der Waals surface area contributed by atoms with Crippen LogP contribution >= 0.6 is 0 Å². The van der Waals surface area contributed by atoms with Crippen molar-refractivity contribution in [1.29, 1.82) is 0 Å². The Kier molecular flexibility index (Phi) is 3.76. The first kappa shape index (κ1) is 13.6. The van der Waals surface area contributed by atoms with Gasteiger partial charge in [-0.25, -0.2) is 0 Å². The highest BCUT2D eigenvalue weighted by atomic mass is 16.5. The number of hydrogen-bond acceptors (Lipinski definition) is 4. The quantitative estimate of drug-likeness (QED) is 0.810. The molecule has 2 fully saturated rings. The zero-order valence-corrected chi connectivity index (χ0v) is 12.3. The number of aromatic nitrogens is 2. The van der Waals surface area contributed by atoms with E-state index in [1.807, 2.05) is 13.8 Å². The molecule has 0 aliphatic heterocycles. The molecule has 3 atom stereocenters. The lowest BCUT2D eigenvalue weighted by Gasteiger charge is -2.05. The first-order valence-electron chi connectivity index (χ1n) is 7.77. The van der Waals surface area contributed by atoms with E-state index in [2.05, 4.69) is 15.5 Å². The normalized spacial score (nSPS) is 27.6. The molecule has 0 spiro atoms. The van der Waals surface area contributed by atoms with Crippen molar-refractivity contribution in [3.63, 3.8) is 0 Å². The van der Waals surface area contributed by atoms with E-state index < -0.39 is 0 Å². The average molecular weight is 277 g/mol. The molecule has 1 aromatic rings. The summed E-state index contributed by atoms with van der Waals surface area (Å²) in [6.45, 7) is 4.79. The SMILES string of the molecule is CC(C)c1noc(CCCNC(=O)C2[C@H]3CCC[C@@H]23)n1. The van der Waals surface area contributed by atoms with Gasteiger partial charge in [0.15, 0.2) is 5.82 Å². The summed E-state index contributed by atoms with van der Waals surface area (Å²) in [7, 11) is 0. The van der Waals surface area contributed by atoms with Crippen molar-refractivity contribution in [3.05, 3.63) is 11.7 Å². The second kappa shape index (κ2) is 5.54. The second-order valence-electron chi connectivity index (χ2n) is 6.38. The van der Waals surface area contributed by atoms with Crippen LogP contribution in [-0.4, -0.2) is 22.6 Å². The Labute approximate surface area is 119 Å². The third kappa shape index (κ3) is 2.72. The molecule has 1 aromatic heterocycles. The Hall–Kier alpha value is -1.39. The maximum atomic E-state index is 12.0. The topological polar surface area (TPSA) is 68.0 Å². The van der Waals surface area contributed by atoms with Gasteiger partial charge >= 0.3 is 0 Å². The van der Waals surface area contributed by atoms with Gasteiger partial charge in [0.2, 0.25) is 11.8 Å². The maximum Gasteiger partial charge on any atom is 0.226 e. The predicted octanol–water partition coefficient (Wildman–Crippen LogP) is 2.29. The molecule has 0 bridgehead atoms. The van der Waals surface area contributed by atoms with Crippen LogP contribution < -0.4 is 5.32 Å². The summed E-state index contributed by atoms with van der Waals surface area (Å²) in [6, 6.07) is 0. The van der Waals surface area contributed by atoms with Crippen molar-refractivity contribution in [2.45, 2.75) is 51.9 Å². The second-order valence-corrected chi connectivity index (χ2v) is 6.38. The summed E-state index contributed by atoms with van der Waals surface area (Å²) in [4.78, 5) is 16.3. The van der Waals surface area contributed by atoms with Gasteiger partial charge in [-0.05, 0) is 31.1 Å². The number of nitrogens with one attached hydrogen (secondary N) is 1. The van der Waals surface area contributed by atoms with Gasteiger partial charge in [0.05, 0.1) is 0 Å². The molecule has 1 unspecified atom stereocenters. The Bertz CT molecular complexity index is 473. The Balaban J connectivity index is 1.35. The lowest BCUT2D eigenvalue weighted by atomic mass is 10.1. The monoisotopic (exact) mass is 277 g/mol. The van der Waals surface area contributed by atoms with Crippen LogP contribution in [0.3, 0.4) is 0 Å². The fourth-order valence-electron chi connectivity index (χ4n) is 3.38. The number of fused-ring (bicyclic) bond motifs is 1. The minimum atomic E-state index is 0.257. The van der Waals surface area contributed by atoms with Gasteiger partial charge in [0, 0.05) is 24.8 Å². The number of rotatable bonds is 6. The molecule has 0 saturated heterocycles. The van der Waals surface area contributed by atoms with Crippen LogP contribution in [0.25, 0.3) is 0 Å².